The van der Waals surface area contributed by atoms with E-state index in [1.165, 1.54) is 0 Å². The summed E-state index contributed by atoms with van der Waals surface area (Å²) >= 11 is 0.300. The average molecular weight is 338 g/mol. The van der Waals surface area contributed by atoms with E-state index >= 15 is 0 Å². The Hall–Kier alpha value is 2.57. The molecule has 0 heterocycles. The van der Waals surface area contributed by atoms with Crippen LogP contribution < -0.4 is 0 Å². The van der Waals surface area contributed by atoms with Crippen LogP contribution in [0.2, 0.25) is 0 Å². The summed E-state index contributed by atoms with van der Waals surface area (Å²) in [5.74, 6) is 0. The molecule has 0 bridgehead atoms. The van der Waals surface area contributed by atoms with Gasteiger partial charge in [-0.2, -0.15) is 0 Å². The van der Waals surface area contributed by atoms with Crippen molar-refractivity contribution in [3.05, 3.63) is 0 Å². The average Bonchev–Trinajstić information content (AvgIpc) is 1.00. The molecule has 0 atom stereocenters. The Bertz CT molecular complexity index is 8.00. The van der Waals surface area contributed by atoms with Crippen LogP contribution >= 0.6 is 0 Å². The molecule has 4 heteroatoms. The Labute approximate surface area is 82.4 Å². The summed E-state index contributed by atoms with van der Waals surface area (Å²) in [6.07, 6.45) is 0. The zero-order valence-electron chi connectivity index (χ0n) is 2.06. The predicted octanol–water partition coefficient (Wildman–Crippen LogP) is -0.883. The van der Waals surface area contributed by atoms with Gasteiger partial charge in [0.25, 0.3) is 0 Å². The molecule has 0 spiro atoms. The minimum Gasteiger partial charge on any atom is 0 e. The van der Waals surface area contributed by atoms with Crippen LogP contribution in [-0.2, 0) is 35.8 Å². The molecule has 4 heavy (non-hydrogen) atoms. The number of hydrogen-bond donors (Lipinski definition) is 0. The molecule has 0 saturated heterocycles. The molecule has 0 aromatic heterocycles. The summed E-state index contributed by atoms with van der Waals surface area (Å²) in [6.45, 7) is 0. The first kappa shape index (κ1) is 16.0. The Kier molecular flexibility index (Phi) is 70.4. The van der Waals surface area contributed by atoms with Crippen molar-refractivity contribution in [2.24, 2.45) is 0 Å². The Morgan fingerprint density at radius 2 is 1.25 bits per heavy atom. The van der Waals surface area contributed by atoms with E-state index in [-0.39, 0.29) is 58.6 Å². The van der Waals surface area contributed by atoms with Crippen LogP contribution in [0.3, 0.4) is 0 Å². The molecule has 0 rings (SSSR count). The molecule has 0 aromatic carbocycles. The Morgan fingerprint density at radius 1 is 1.25 bits per heavy atom. The van der Waals surface area contributed by atoms with Gasteiger partial charge in [0.05, 0.1) is 0 Å². The van der Waals surface area contributed by atoms with E-state index < -0.39 is 0 Å². The Balaban J connectivity index is -0.00000000500. The van der Waals surface area contributed by atoms with Crippen LogP contribution in [0.25, 0.3) is 0 Å². The molecule has 0 saturated carbocycles. The third-order valence-corrected chi connectivity index (χ3v) is 0. The smallest absolute Gasteiger partial charge is 0 e. The van der Waals surface area contributed by atoms with Crippen LogP contribution in [0.5, 0.6) is 0 Å². The fourth-order valence-electron chi connectivity index (χ4n) is 0. The maximum atomic E-state index is 8.34. The maximum absolute atomic E-state index is 8.34. The van der Waals surface area contributed by atoms with Crippen molar-refractivity contribution >= 4 is 48.4 Å². The van der Waals surface area contributed by atoms with E-state index in [4.69, 9.17) is 3.08 Å². The maximum Gasteiger partial charge on any atom is 0 e. The molecule has 0 fully saturated rings. The fraction of sp³-hybridized carbons (Fsp3) is 0. The third kappa shape index (κ3) is 8.82. The van der Waals surface area contributed by atoms with Crippen molar-refractivity contribution in [1.29, 1.82) is 0 Å². The molecule has 0 aliphatic carbocycles. The minimum absolute atomic E-state index is 0. The van der Waals surface area contributed by atoms with Gasteiger partial charge in [-0.25, -0.2) is 0 Å². The van der Waals surface area contributed by atoms with Crippen molar-refractivity contribution in [3.63, 3.8) is 0 Å². The normalized spacial score (nSPS) is 1.00. The van der Waals surface area contributed by atoms with Gasteiger partial charge in [-0.1, -0.05) is 0 Å². The van der Waals surface area contributed by atoms with Gasteiger partial charge < -0.3 is 0 Å². The van der Waals surface area contributed by atoms with Crippen molar-refractivity contribution in [3.8, 4) is 0 Å². The van der Waals surface area contributed by atoms with Crippen molar-refractivity contribution < 1.29 is 35.8 Å². The second-order valence-corrected chi connectivity index (χ2v) is 0. The molecule has 6 radical (unpaired) electrons. The van der Waals surface area contributed by atoms with Crippen molar-refractivity contribution in [1.82, 2.24) is 0 Å². The molecular formula is InOSnY. The molecule has 1 nitrogen and oxygen atoms in total. The molecule has 0 N–H and O–H groups in total. The monoisotopic (exact) mass is 340 g/mol. The zero-order valence-corrected chi connectivity index (χ0v) is 11.1. The van der Waals surface area contributed by atoms with Gasteiger partial charge in [-0.05, 0) is 0 Å². The topological polar surface area (TPSA) is 17.1 Å². The molecule has 0 amide bonds. The molecular weight excluding hydrogens is 338 g/mol. The van der Waals surface area contributed by atoms with Crippen LogP contribution in [0.4, 0.5) is 0 Å². The fourth-order valence-corrected chi connectivity index (χ4v) is 0. The van der Waals surface area contributed by atoms with Crippen molar-refractivity contribution in [2.75, 3.05) is 0 Å². The second kappa shape index (κ2) is 17.6. The first-order valence-electron chi connectivity index (χ1n) is 0.204. The van der Waals surface area contributed by atoms with Gasteiger partial charge in [-0.3, -0.25) is 0 Å². The van der Waals surface area contributed by atoms with Crippen LogP contribution in [0, 0.1) is 0 Å². The van der Waals surface area contributed by atoms with Crippen LogP contribution in [0.15, 0.2) is 0 Å². The standard InChI is InChI=1S/In.O.Sn.Y. The number of hydrogen-bond acceptors (Lipinski definition) is 1. The SMILES string of the molecule is [In].[O]=[Sn].[Y]. The van der Waals surface area contributed by atoms with E-state index in [0.717, 1.165) is 0 Å². The summed E-state index contributed by atoms with van der Waals surface area (Å²) in [5, 5.41) is 0. The number of rotatable bonds is 0. The summed E-state index contributed by atoms with van der Waals surface area (Å²) in [5.41, 5.74) is 0. The predicted molar refractivity (Wildman–Crippen MR) is 12.2 cm³/mol. The molecule has 0 aromatic rings. The summed E-state index contributed by atoms with van der Waals surface area (Å²) in [7, 11) is 0. The Morgan fingerprint density at radius 3 is 1.25 bits per heavy atom. The first-order chi connectivity index (χ1) is 1.00. The van der Waals surface area contributed by atoms with E-state index in [2.05, 4.69) is 0 Å². The van der Waals surface area contributed by atoms with Gasteiger partial charge in [-0.15, -0.1) is 0 Å². The van der Waals surface area contributed by atoms with Gasteiger partial charge in [0.1, 0.15) is 0 Å². The zero-order chi connectivity index (χ0) is 2.00. The van der Waals surface area contributed by atoms with E-state index in [0.29, 0.717) is 22.5 Å². The minimum atomic E-state index is 0. The van der Waals surface area contributed by atoms with E-state index in [1.54, 1.807) is 0 Å². The first-order valence-corrected chi connectivity index (χ1v) is 1.37. The van der Waals surface area contributed by atoms with Crippen LogP contribution in [0.1, 0.15) is 0 Å². The van der Waals surface area contributed by atoms with Crippen molar-refractivity contribution in [2.45, 2.75) is 0 Å². The van der Waals surface area contributed by atoms with Gasteiger partial charge in [0.15, 0.2) is 0 Å². The van der Waals surface area contributed by atoms with Crippen LogP contribution in [-0.4, -0.2) is 48.4 Å². The van der Waals surface area contributed by atoms with Gasteiger partial charge in [0, 0.05) is 58.6 Å². The quantitative estimate of drug-likeness (QED) is 0.524. The molecule has 0 unspecified atom stereocenters. The summed E-state index contributed by atoms with van der Waals surface area (Å²) < 4.78 is 8.34. The molecule has 0 aliphatic heterocycles. The summed E-state index contributed by atoms with van der Waals surface area (Å²) in [4.78, 5) is 0. The summed E-state index contributed by atoms with van der Waals surface area (Å²) in [6, 6.07) is 0. The second-order valence-electron chi connectivity index (χ2n) is 0. The molecule has 0 aliphatic rings. The third-order valence-electron chi connectivity index (χ3n) is 0. The van der Waals surface area contributed by atoms with E-state index in [1.807, 2.05) is 0 Å². The van der Waals surface area contributed by atoms with Gasteiger partial charge in [0.2, 0.25) is 0 Å². The largest absolute Gasteiger partial charge is 0 e. The van der Waals surface area contributed by atoms with Gasteiger partial charge >= 0.3 is 25.6 Å². The van der Waals surface area contributed by atoms with E-state index in [9.17, 15) is 0 Å². The molecule has 16 valence electrons.